The molecule has 3 aromatic rings. The summed E-state index contributed by atoms with van der Waals surface area (Å²) in [5, 5.41) is 0. The average molecular weight is 251 g/mol. The van der Waals surface area contributed by atoms with Crippen molar-refractivity contribution in [3.05, 3.63) is 59.9 Å². The predicted molar refractivity (Wildman–Crippen MR) is 73.9 cm³/mol. The van der Waals surface area contributed by atoms with Crippen molar-refractivity contribution in [3.63, 3.8) is 0 Å². The van der Waals surface area contributed by atoms with Gasteiger partial charge in [0, 0.05) is 11.8 Å². The molecule has 19 heavy (non-hydrogen) atoms. The molecule has 2 N–H and O–H groups in total. The zero-order valence-corrected chi connectivity index (χ0v) is 10.5. The fraction of sp³-hybridized carbons (Fsp3) is 0.0667. The molecule has 3 rings (SSSR count). The number of carbonyl (C=O) groups excluding carboxylic acids is 1. The number of nitrogens with two attached hydrogens (primary N) is 1. The number of primary amides is 1. The van der Waals surface area contributed by atoms with E-state index in [-0.39, 0.29) is 0 Å². The number of hydrogen-bond acceptors (Lipinski definition) is 2. The zero-order valence-electron chi connectivity index (χ0n) is 10.5. The van der Waals surface area contributed by atoms with Gasteiger partial charge in [-0.3, -0.25) is 9.20 Å². The highest BCUT2D eigenvalue weighted by molar-refractivity contribution is 5.98. The monoisotopic (exact) mass is 251 g/mol. The van der Waals surface area contributed by atoms with Crippen molar-refractivity contribution in [3.8, 4) is 11.3 Å². The van der Waals surface area contributed by atoms with Gasteiger partial charge in [-0.15, -0.1) is 0 Å². The van der Waals surface area contributed by atoms with Crippen molar-refractivity contribution in [2.45, 2.75) is 6.92 Å². The van der Waals surface area contributed by atoms with Gasteiger partial charge in [-0.25, -0.2) is 4.98 Å². The van der Waals surface area contributed by atoms with Crippen molar-refractivity contribution in [2.24, 2.45) is 5.73 Å². The summed E-state index contributed by atoms with van der Waals surface area (Å²) >= 11 is 0. The lowest BCUT2D eigenvalue weighted by molar-refractivity contribution is 0.0995. The highest BCUT2D eigenvalue weighted by Gasteiger charge is 2.17. The fourth-order valence-electron chi connectivity index (χ4n) is 2.14. The Balaban J connectivity index is 2.31. The average Bonchev–Trinajstić information content (AvgIpc) is 2.78. The molecule has 1 amide bonds. The van der Waals surface area contributed by atoms with Gasteiger partial charge in [0.25, 0.3) is 5.91 Å². The number of imidazole rings is 1. The van der Waals surface area contributed by atoms with Crippen molar-refractivity contribution >= 4 is 11.6 Å². The number of hydrogen-bond donors (Lipinski definition) is 1. The number of aryl methyl sites for hydroxylation is 1. The highest BCUT2D eigenvalue weighted by atomic mass is 16.1. The third kappa shape index (κ3) is 1.87. The van der Waals surface area contributed by atoms with E-state index in [2.05, 4.69) is 4.98 Å². The van der Waals surface area contributed by atoms with Crippen molar-refractivity contribution in [1.82, 2.24) is 9.38 Å². The molecule has 4 heteroatoms. The molecule has 0 unspecified atom stereocenters. The Morgan fingerprint density at radius 1 is 1.16 bits per heavy atom. The van der Waals surface area contributed by atoms with Crippen LogP contribution >= 0.6 is 0 Å². The molecule has 0 fully saturated rings. The van der Waals surface area contributed by atoms with Crippen LogP contribution in [-0.2, 0) is 0 Å². The smallest absolute Gasteiger partial charge is 0.268 e. The Hall–Kier alpha value is -2.62. The van der Waals surface area contributed by atoms with Gasteiger partial charge in [0.15, 0.2) is 0 Å². The standard InChI is InChI=1S/C15H13N3O/c1-10-5-7-11(8-6-10)13-14(15(16)19)18-9-3-2-4-12(18)17-13/h2-9H,1H3,(H2,16,19). The second-order valence-corrected chi connectivity index (χ2v) is 4.47. The van der Waals surface area contributed by atoms with E-state index in [1.54, 1.807) is 10.6 Å². The Kier molecular flexibility index (Phi) is 2.56. The van der Waals surface area contributed by atoms with E-state index < -0.39 is 5.91 Å². The zero-order chi connectivity index (χ0) is 13.4. The molecule has 0 spiro atoms. The van der Waals surface area contributed by atoms with Gasteiger partial charge in [0.1, 0.15) is 17.0 Å². The topological polar surface area (TPSA) is 60.4 Å². The maximum atomic E-state index is 11.7. The highest BCUT2D eigenvalue weighted by Crippen LogP contribution is 2.24. The molecule has 1 aromatic carbocycles. The van der Waals surface area contributed by atoms with Gasteiger partial charge >= 0.3 is 0 Å². The van der Waals surface area contributed by atoms with Gasteiger partial charge in [0.2, 0.25) is 0 Å². The lowest BCUT2D eigenvalue weighted by Crippen LogP contribution is -2.14. The maximum absolute atomic E-state index is 11.7. The molecule has 0 aliphatic heterocycles. The normalized spacial score (nSPS) is 10.8. The Morgan fingerprint density at radius 3 is 2.58 bits per heavy atom. The number of amides is 1. The third-order valence-corrected chi connectivity index (χ3v) is 3.09. The van der Waals surface area contributed by atoms with E-state index in [0.29, 0.717) is 17.0 Å². The van der Waals surface area contributed by atoms with Crippen molar-refractivity contribution in [2.75, 3.05) is 0 Å². The van der Waals surface area contributed by atoms with Crippen LogP contribution < -0.4 is 5.73 Å². The minimum atomic E-state index is -0.478. The maximum Gasteiger partial charge on any atom is 0.268 e. The van der Waals surface area contributed by atoms with Crippen LogP contribution in [0.4, 0.5) is 0 Å². The van der Waals surface area contributed by atoms with Gasteiger partial charge in [-0.2, -0.15) is 0 Å². The molecule has 0 saturated heterocycles. The predicted octanol–water partition coefficient (Wildman–Crippen LogP) is 2.41. The lowest BCUT2D eigenvalue weighted by Gasteiger charge is -2.01. The molecule has 2 aromatic heterocycles. The summed E-state index contributed by atoms with van der Waals surface area (Å²) < 4.78 is 1.72. The first kappa shape index (κ1) is 11.5. The van der Waals surface area contributed by atoms with Gasteiger partial charge in [-0.1, -0.05) is 35.9 Å². The first-order valence-electron chi connectivity index (χ1n) is 6.01. The summed E-state index contributed by atoms with van der Waals surface area (Å²) in [4.78, 5) is 16.2. The minimum Gasteiger partial charge on any atom is -0.364 e. The molecule has 0 saturated carbocycles. The largest absolute Gasteiger partial charge is 0.364 e. The quantitative estimate of drug-likeness (QED) is 0.760. The van der Waals surface area contributed by atoms with Crippen LogP contribution in [0.2, 0.25) is 0 Å². The van der Waals surface area contributed by atoms with Crippen LogP contribution in [0.3, 0.4) is 0 Å². The van der Waals surface area contributed by atoms with E-state index in [1.807, 2.05) is 49.4 Å². The van der Waals surface area contributed by atoms with E-state index in [4.69, 9.17) is 5.73 Å². The molecular formula is C15H13N3O. The first-order chi connectivity index (χ1) is 9.16. The number of nitrogens with zero attached hydrogens (tertiary/aromatic N) is 2. The first-order valence-corrected chi connectivity index (χ1v) is 6.01. The second-order valence-electron chi connectivity index (χ2n) is 4.47. The Labute approximate surface area is 110 Å². The number of aromatic nitrogens is 2. The summed E-state index contributed by atoms with van der Waals surface area (Å²) in [5.41, 5.74) is 9.30. The van der Waals surface area contributed by atoms with Crippen molar-refractivity contribution < 1.29 is 4.79 Å². The van der Waals surface area contributed by atoms with Gasteiger partial charge in [0.05, 0.1) is 0 Å². The van der Waals surface area contributed by atoms with Crippen molar-refractivity contribution in [1.29, 1.82) is 0 Å². The molecule has 94 valence electrons. The molecule has 0 radical (unpaired) electrons. The van der Waals surface area contributed by atoms with E-state index in [1.165, 1.54) is 0 Å². The number of fused-ring (bicyclic) bond motifs is 1. The lowest BCUT2D eigenvalue weighted by atomic mass is 10.1. The number of benzene rings is 1. The van der Waals surface area contributed by atoms with Crippen LogP contribution in [0, 0.1) is 6.92 Å². The van der Waals surface area contributed by atoms with Crippen LogP contribution in [0.5, 0.6) is 0 Å². The summed E-state index contributed by atoms with van der Waals surface area (Å²) in [7, 11) is 0. The molecule has 2 heterocycles. The van der Waals surface area contributed by atoms with Crippen LogP contribution in [0.15, 0.2) is 48.7 Å². The van der Waals surface area contributed by atoms with E-state index in [9.17, 15) is 4.79 Å². The summed E-state index contributed by atoms with van der Waals surface area (Å²) in [6.07, 6.45) is 1.79. The fourth-order valence-corrected chi connectivity index (χ4v) is 2.14. The molecule has 4 nitrogen and oxygen atoms in total. The second kappa shape index (κ2) is 4.24. The SMILES string of the molecule is Cc1ccc(-c2nc3ccccn3c2C(N)=O)cc1. The molecule has 0 aliphatic carbocycles. The number of pyridine rings is 1. The van der Waals surface area contributed by atoms with Crippen LogP contribution in [0.25, 0.3) is 16.9 Å². The molecule has 0 bridgehead atoms. The molecular weight excluding hydrogens is 238 g/mol. The summed E-state index contributed by atoms with van der Waals surface area (Å²) in [5.74, 6) is -0.478. The van der Waals surface area contributed by atoms with Crippen LogP contribution in [-0.4, -0.2) is 15.3 Å². The molecule has 0 atom stereocenters. The van der Waals surface area contributed by atoms with Gasteiger partial charge in [-0.05, 0) is 19.1 Å². The number of carbonyl (C=O) groups is 1. The van der Waals surface area contributed by atoms with Gasteiger partial charge < -0.3 is 5.73 Å². The third-order valence-electron chi connectivity index (χ3n) is 3.09. The van der Waals surface area contributed by atoms with E-state index in [0.717, 1.165) is 11.1 Å². The summed E-state index contributed by atoms with van der Waals surface area (Å²) in [6, 6.07) is 13.5. The Bertz CT molecular complexity index is 757. The molecule has 0 aliphatic rings. The van der Waals surface area contributed by atoms with E-state index >= 15 is 0 Å². The number of rotatable bonds is 2. The summed E-state index contributed by atoms with van der Waals surface area (Å²) in [6.45, 7) is 2.02. The van der Waals surface area contributed by atoms with Crippen LogP contribution in [0.1, 0.15) is 16.1 Å². The Morgan fingerprint density at radius 2 is 1.89 bits per heavy atom. The minimum absolute atomic E-state index is 0.416.